The molecule has 1 aliphatic rings. The fourth-order valence-corrected chi connectivity index (χ4v) is 1.82. The van der Waals surface area contributed by atoms with Crippen molar-refractivity contribution in [3.8, 4) is 0 Å². The average Bonchev–Trinajstić information content (AvgIpc) is 2.56. The Morgan fingerprint density at radius 3 is 3.14 bits per heavy atom. The number of pyridine rings is 1. The van der Waals surface area contributed by atoms with E-state index in [4.69, 9.17) is 4.74 Å². The molecule has 0 atom stereocenters. The van der Waals surface area contributed by atoms with Gasteiger partial charge in [-0.1, -0.05) is 6.07 Å². The van der Waals surface area contributed by atoms with Crippen LogP contribution in [-0.2, 0) is 17.8 Å². The second kappa shape index (κ2) is 4.07. The summed E-state index contributed by atoms with van der Waals surface area (Å²) in [4.78, 5) is 6.80. The van der Waals surface area contributed by atoms with Gasteiger partial charge in [0.25, 0.3) is 0 Å². The highest BCUT2D eigenvalue weighted by atomic mass is 16.5. The minimum absolute atomic E-state index is 0.799. The smallest absolute Gasteiger partial charge is 0.0589 e. The van der Waals surface area contributed by atoms with Gasteiger partial charge in [-0.05, 0) is 18.1 Å². The summed E-state index contributed by atoms with van der Waals surface area (Å²) in [7, 11) is 1.74. The summed E-state index contributed by atoms with van der Waals surface area (Å²) >= 11 is 0. The Morgan fingerprint density at radius 1 is 1.50 bits per heavy atom. The molecule has 0 bridgehead atoms. The van der Waals surface area contributed by atoms with Crippen LogP contribution in [0.3, 0.4) is 0 Å². The van der Waals surface area contributed by atoms with Crippen molar-refractivity contribution in [3.05, 3.63) is 29.1 Å². The molecule has 0 radical (unpaired) electrons. The van der Waals surface area contributed by atoms with Gasteiger partial charge >= 0.3 is 0 Å². The second-order valence-electron chi connectivity index (χ2n) is 3.82. The first-order valence-electron chi connectivity index (χ1n) is 4.95. The first-order chi connectivity index (χ1) is 6.79. The molecule has 3 nitrogen and oxygen atoms in total. The van der Waals surface area contributed by atoms with Gasteiger partial charge in [0.2, 0.25) is 0 Å². The maximum atomic E-state index is 5.06. The third-order valence-electron chi connectivity index (χ3n) is 2.58. The van der Waals surface area contributed by atoms with E-state index in [0.29, 0.717) is 0 Å². The Labute approximate surface area is 84.7 Å². The normalized spacial score (nSPS) is 15.9. The zero-order chi connectivity index (χ0) is 9.97. The molecule has 3 heteroatoms. The van der Waals surface area contributed by atoms with E-state index >= 15 is 0 Å². The number of hydrogen-bond donors (Lipinski definition) is 0. The highest BCUT2D eigenvalue weighted by Gasteiger charge is 2.19. The molecule has 2 heterocycles. The number of nitrogens with zero attached hydrogens (tertiary/aromatic N) is 2. The molecular weight excluding hydrogens is 176 g/mol. The van der Waals surface area contributed by atoms with E-state index in [1.54, 1.807) is 7.11 Å². The molecule has 0 N–H and O–H groups in total. The lowest BCUT2D eigenvalue weighted by molar-refractivity contribution is 0.147. The Kier molecular flexibility index (Phi) is 2.79. The molecule has 0 saturated heterocycles. The molecule has 76 valence electrons. The van der Waals surface area contributed by atoms with Gasteiger partial charge in [-0.2, -0.15) is 0 Å². The van der Waals surface area contributed by atoms with Crippen LogP contribution in [0, 0.1) is 6.92 Å². The molecule has 14 heavy (non-hydrogen) atoms. The first kappa shape index (κ1) is 9.62. The van der Waals surface area contributed by atoms with E-state index in [2.05, 4.69) is 22.9 Å². The van der Waals surface area contributed by atoms with Crippen molar-refractivity contribution in [1.82, 2.24) is 9.88 Å². The number of aromatic nitrogens is 1. The van der Waals surface area contributed by atoms with Crippen molar-refractivity contribution in [1.29, 1.82) is 0 Å². The lowest BCUT2D eigenvalue weighted by Crippen LogP contribution is -2.21. The summed E-state index contributed by atoms with van der Waals surface area (Å²) < 4.78 is 5.06. The summed E-state index contributed by atoms with van der Waals surface area (Å²) in [5, 5.41) is 0. The number of ether oxygens (including phenoxy) is 1. The molecule has 1 aliphatic heterocycles. The van der Waals surface area contributed by atoms with Crippen molar-refractivity contribution in [2.45, 2.75) is 20.0 Å². The van der Waals surface area contributed by atoms with Gasteiger partial charge in [0.1, 0.15) is 0 Å². The van der Waals surface area contributed by atoms with Gasteiger partial charge in [-0.25, -0.2) is 0 Å². The summed E-state index contributed by atoms with van der Waals surface area (Å²) in [6.45, 7) is 5.87. The van der Waals surface area contributed by atoms with Crippen LogP contribution in [0.1, 0.15) is 16.8 Å². The van der Waals surface area contributed by atoms with Gasteiger partial charge in [0.15, 0.2) is 0 Å². The monoisotopic (exact) mass is 192 g/mol. The fourth-order valence-electron chi connectivity index (χ4n) is 1.82. The lowest BCUT2D eigenvalue weighted by atomic mass is 10.2. The molecule has 0 aliphatic carbocycles. The van der Waals surface area contributed by atoms with Gasteiger partial charge in [0.05, 0.1) is 12.3 Å². The van der Waals surface area contributed by atoms with Crippen molar-refractivity contribution in [2.24, 2.45) is 0 Å². The standard InChI is InChI=1S/C11H16N2O/c1-9-5-10-7-13(3-4-14-2)8-11(10)12-6-9/h5-6H,3-4,7-8H2,1-2H3. The summed E-state index contributed by atoms with van der Waals surface area (Å²) in [5.41, 5.74) is 3.85. The predicted molar refractivity (Wildman–Crippen MR) is 55.0 cm³/mol. The molecular formula is C11H16N2O. The average molecular weight is 192 g/mol. The first-order valence-corrected chi connectivity index (χ1v) is 4.95. The van der Waals surface area contributed by atoms with E-state index in [9.17, 15) is 0 Å². The lowest BCUT2D eigenvalue weighted by Gasteiger charge is -2.12. The van der Waals surface area contributed by atoms with Gasteiger partial charge < -0.3 is 4.74 Å². The van der Waals surface area contributed by atoms with E-state index in [0.717, 1.165) is 26.2 Å². The Balaban J connectivity index is 2.03. The zero-order valence-corrected chi connectivity index (χ0v) is 8.79. The van der Waals surface area contributed by atoms with Crippen LogP contribution in [0.2, 0.25) is 0 Å². The Morgan fingerprint density at radius 2 is 2.36 bits per heavy atom. The third kappa shape index (κ3) is 1.94. The largest absolute Gasteiger partial charge is 0.383 e. The molecule has 0 saturated carbocycles. The molecule has 0 fully saturated rings. The SMILES string of the molecule is COCCN1Cc2cc(C)cnc2C1. The number of aryl methyl sites for hydroxylation is 1. The van der Waals surface area contributed by atoms with E-state index in [-0.39, 0.29) is 0 Å². The minimum Gasteiger partial charge on any atom is -0.383 e. The van der Waals surface area contributed by atoms with Gasteiger partial charge in [0, 0.05) is 32.9 Å². The van der Waals surface area contributed by atoms with Crippen LogP contribution in [0.4, 0.5) is 0 Å². The third-order valence-corrected chi connectivity index (χ3v) is 2.58. The van der Waals surface area contributed by atoms with Crippen LogP contribution in [0.25, 0.3) is 0 Å². The van der Waals surface area contributed by atoms with E-state index in [1.165, 1.54) is 16.8 Å². The fraction of sp³-hybridized carbons (Fsp3) is 0.545. The van der Waals surface area contributed by atoms with E-state index in [1.807, 2.05) is 6.20 Å². The van der Waals surface area contributed by atoms with E-state index < -0.39 is 0 Å². The maximum Gasteiger partial charge on any atom is 0.0589 e. The molecule has 1 aromatic rings. The number of rotatable bonds is 3. The van der Waals surface area contributed by atoms with Crippen LogP contribution >= 0.6 is 0 Å². The Hall–Kier alpha value is -0.930. The molecule has 0 amide bonds. The maximum absolute atomic E-state index is 5.06. The second-order valence-corrected chi connectivity index (χ2v) is 3.82. The van der Waals surface area contributed by atoms with Crippen LogP contribution in [0.15, 0.2) is 12.3 Å². The number of methoxy groups -OCH3 is 1. The number of hydrogen-bond acceptors (Lipinski definition) is 3. The quantitative estimate of drug-likeness (QED) is 0.723. The minimum atomic E-state index is 0.799. The summed E-state index contributed by atoms with van der Waals surface area (Å²) in [6.07, 6.45) is 1.94. The Bertz CT molecular complexity index is 325. The summed E-state index contributed by atoms with van der Waals surface area (Å²) in [6, 6.07) is 2.23. The topological polar surface area (TPSA) is 25.4 Å². The van der Waals surface area contributed by atoms with Gasteiger partial charge in [-0.15, -0.1) is 0 Å². The highest BCUT2D eigenvalue weighted by molar-refractivity contribution is 5.27. The molecule has 1 aromatic heterocycles. The van der Waals surface area contributed by atoms with Crippen molar-refractivity contribution in [3.63, 3.8) is 0 Å². The van der Waals surface area contributed by atoms with Crippen molar-refractivity contribution in [2.75, 3.05) is 20.3 Å². The molecule has 2 rings (SSSR count). The van der Waals surface area contributed by atoms with Crippen molar-refractivity contribution < 1.29 is 4.74 Å². The molecule has 0 aromatic carbocycles. The van der Waals surface area contributed by atoms with Gasteiger partial charge in [-0.3, -0.25) is 9.88 Å². The zero-order valence-electron chi connectivity index (χ0n) is 8.79. The predicted octanol–water partition coefficient (Wildman–Crippen LogP) is 1.35. The van der Waals surface area contributed by atoms with Crippen LogP contribution < -0.4 is 0 Å². The number of fused-ring (bicyclic) bond motifs is 1. The summed E-state index contributed by atoms with van der Waals surface area (Å²) in [5.74, 6) is 0. The van der Waals surface area contributed by atoms with Crippen LogP contribution in [0.5, 0.6) is 0 Å². The van der Waals surface area contributed by atoms with Crippen molar-refractivity contribution >= 4 is 0 Å². The highest BCUT2D eigenvalue weighted by Crippen LogP contribution is 2.20. The van der Waals surface area contributed by atoms with Crippen LogP contribution in [-0.4, -0.2) is 30.1 Å². The molecule has 0 spiro atoms. The molecule has 0 unspecified atom stereocenters.